The highest BCUT2D eigenvalue weighted by atomic mass is 35.5. The third-order valence-electron chi connectivity index (χ3n) is 3.66. The monoisotopic (exact) mass is 309 g/mol. The van der Waals surface area contributed by atoms with Crippen molar-refractivity contribution < 1.29 is 4.79 Å². The predicted molar refractivity (Wildman–Crippen MR) is 86.6 cm³/mol. The van der Waals surface area contributed by atoms with Crippen LogP contribution in [0.3, 0.4) is 0 Å². The van der Waals surface area contributed by atoms with Crippen LogP contribution in [0.4, 0.5) is 4.79 Å². The van der Waals surface area contributed by atoms with Crippen LogP contribution in [0.1, 0.15) is 32.3 Å². The minimum absolute atomic E-state index is 0.0545. The van der Waals surface area contributed by atoms with Gasteiger partial charge in [-0.2, -0.15) is 0 Å². The fraction of sp³-hybridized carbons (Fsp3) is 0.562. The van der Waals surface area contributed by atoms with E-state index in [0.29, 0.717) is 0 Å². The molecule has 5 heteroatoms. The van der Waals surface area contributed by atoms with Gasteiger partial charge in [-0.1, -0.05) is 23.7 Å². The van der Waals surface area contributed by atoms with E-state index >= 15 is 0 Å². The zero-order valence-corrected chi connectivity index (χ0v) is 13.5. The number of urea groups is 1. The van der Waals surface area contributed by atoms with Gasteiger partial charge in [0.1, 0.15) is 0 Å². The number of likely N-dealkylation sites (tertiary alicyclic amines) is 1. The highest BCUT2D eigenvalue weighted by molar-refractivity contribution is 6.30. The van der Waals surface area contributed by atoms with Crippen molar-refractivity contribution in [1.29, 1.82) is 0 Å². The van der Waals surface area contributed by atoms with Crippen LogP contribution < -0.4 is 10.6 Å². The number of carbonyl (C=O) groups excluding carboxylic acids is 1. The molecule has 1 saturated heterocycles. The van der Waals surface area contributed by atoms with Gasteiger partial charge in [-0.15, -0.1) is 0 Å². The van der Waals surface area contributed by atoms with Crippen molar-refractivity contribution in [3.63, 3.8) is 0 Å². The van der Waals surface area contributed by atoms with Gasteiger partial charge in [0.25, 0.3) is 0 Å². The molecule has 0 aromatic heterocycles. The maximum atomic E-state index is 11.7. The third-order valence-corrected chi connectivity index (χ3v) is 3.91. The summed E-state index contributed by atoms with van der Waals surface area (Å²) in [5, 5.41) is 6.69. The van der Waals surface area contributed by atoms with Crippen LogP contribution in [0.15, 0.2) is 24.3 Å². The van der Waals surface area contributed by atoms with Gasteiger partial charge in [-0.05, 0) is 44.4 Å². The topological polar surface area (TPSA) is 44.4 Å². The molecule has 0 unspecified atom stereocenters. The van der Waals surface area contributed by atoms with Gasteiger partial charge in [-0.25, -0.2) is 4.79 Å². The average Bonchev–Trinajstić information content (AvgIpc) is 2.42. The van der Waals surface area contributed by atoms with Crippen molar-refractivity contribution in [2.24, 2.45) is 0 Å². The molecule has 2 amide bonds. The molecule has 4 nitrogen and oxygen atoms in total. The summed E-state index contributed by atoms with van der Waals surface area (Å²) in [5.74, 6) is 0. The Bertz CT molecular complexity index is 453. The molecule has 0 atom stereocenters. The van der Waals surface area contributed by atoms with Crippen molar-refractivity contribution in [3.05, 3.63) is 34.9 Å². The molecule has 1 aliphatic rings. The molecule has 21 heavy (non-hydrogen) atoms. The second-order valence-corrected chi connectivity index (χ2v) is 6.39. The van der Waals surface area contributed by atoms with Gasteiger partial charge >= 0.3 is 6.03 Å². The van der Waals surface area contributed by atoms with Gasteiger partial charge in [0.15, 0.2) is 0 Å². The predicted octanol–water partition coefficient (Wildman–Crippen LogP) is 3.01. The normalized spacial score (nSPS) is 17.0. The van der Waals surface area contributed by atoms with Crippen molar-refractivity contribution in [2.45, 2.75) is 45.3 Å². The number of carbonyl (C=O) groups is 1. The summed E-state index contributed by atoms with van der Waals surface area (Å²) in [6, 6.07) is 8.41. The van der Waals surface area contributed by atoms with Gasteiger partial charge in [0.2, 0.25) is 0 Å². The van der Waals surface area contributed by atoms with Crippen LogP contribution in [0.2, 0.25) is 5.02 Å². The van der Waals surface area contributed by atoms with Crippen molar-refractivity contribution in [3.8, 4) is 0 Å². The Balaban J connectivity index is 1.73. The first-order valence-corrected chi connectivity index (χ1v) is 7.94. The number of amides is 2. The lowest BCUT2D eigenvalue weighted by Crippen LogP contribution is -2.49. The second kappa shape index (κ2) is 7.66. The molecule has 0 spiro atoms. The van der Waals surface area contributed by atoms with Crippen LogP contribution in [0.25, 0.3) is 0 Å². The summed E-state index contributed by atoms with van der Waals surface area (Å²) in [6.45, 7) is 6.90. The molecule has 1 aromatic carbocycles. The Kier molecular flexibility index (Phi) is 5.88. The fourth-order valence-corrected chi connectivity index (χ4v) is 2.70. The molecule has 0 saturated carbocycles. The van der Waals surface area contributed by atoms with Crippen LogP contribution in [0.5, 0.6) is 0 Å². The molecule has 2 rings (SSSR count). The maximum Gasteiger partial charge on any atom is 0.315 e. The quantitative estimate of drug-likeness (QED) is 0.898. The van der Waals surface area contributed by atoms with E-state index in [1.54, 1.807) is 0 Å². The standard InChI is InChI=1S/C16H24ClN3O/c1-12(2)18-16(21)19-15-7-9-20(10-8-15)11-13-3-5-14(17)6-4-13/h3-6,12,15H,7-11H2,1-2H3,(H2,18,19,21). The van der Waals surface area contributed by atoms with Gasteiger partial charge in [-0.3, -0.25) is 4.90 Å². The van der Waals surface area contributed by atoms with E-state index in [1.165, 1.54) is 5.56 Å². The molecular formula is C16H24ClN3O. The smallest absolute Gasteiger partial charge is 0.315 e. The number of hydrogen-bond donors (Lipinski definition) is 2. The minimum atomic E-state index is -0.0545. The zero-order valence-electron chi connectivity index (χ0n) is 12.7. The van der Waals surface area contributed by atoms with E-state index in [2.05, 4.69) is 27.7 Å². The maximum absolute atomic E-state index is 11.7. The molecule has 1 fully saturated rings. The molecule has 0 bridgehead atoms. The molecule has 0 radical (unpaired) electrons. The molecule has 1 aromatic rings. The molecule has 2 N–H and O–H groups in total. The van der Waals surface area contributed by atoms with Crippen LogP contribution in [-0.2, 0) is 6.54 Å². The average molecular weight is 310 g/mol. The molecule has 1 heterocycles. The van der Waals surface area contributed by atoms with Gasteiger partial charge in [0, 0.05) is 36.7 Å². The number of hydrogen-bond acceptors (Lipinski definition) is 2. The SMILES string of the molecule is CC(C)NC(=O)NC1CCN(Cc2ccc(Cl)cc2)CC1. The van der Waals surface area contributed by atoms with E-state index < -0.39 is 0 Å². The molecular weight excluding hydrogens is 286 g/mol. The molecule has 116 valence electrons. The minimum Gasteiger partial charge on any atom is -0.336 e. The first-order chi connectivity index (χ1) is 10.0. The lowest BCUT2D eigenvalue weighted by atomic mass is 10.0. The lowest BCUT2D eigenvalue weighted by molar-refractivity contribution is 0.186. The van der Waals surface area contributed by atoms with Gasteiger partial charge in [0.05, 0.1) is 0 Å². The highest BCUT2D eigenvalue weighted by Crippen LogP contribution is 2.15. The Morgan fingerprint density at radius 1 is 1.29 bits per heavy atom. The fourth-order valence-electron chi connectivity index (χ4n) is 2.57. The molecule has 0 aliphatic carbocycles. The lowest BCUT2D eigenvalue weighted by Gasteiger charge is -2.32. The van der Waals surface area contributed by atoms with Crippen molar-refractivity contribution >= 4 is 17.6 Å². The largest absolute Gasteiger partial charge is 0.336 e. The number of halogens is 1. The Morgan fingerprint density at radius 2 is 1.90 bits per heavy atom. The van der Waals surface area contributed by atoms with Gasteiger partial charge < -0.3 is 10.6 Å². The number of rotatable bonds is 4. The summed E-state index contributed by atoms with van der Waals surface area (Å²) in [7, 11) is 0. The van der Waals surface area contributed by atoms with Crippen LogP contribution in [-0.4, -0.2) is 36.1 Å². The summed E-state index contributed by atoms with van der Waals surface area (Å²) in [6.07, 6.45) is 2.00. The van der Waals surface area contributed by atoms with Crippen LogP contribution in [0, 0.1) is 0 Å². The number of nitrogens with one attached hydrogen (secondary N) is 2. The Labute approximate surface area is 131 Å². The van der Waals surface area contributed by atoms with Crippen molar-refractivity contribution in [1.82, 2.24) is 15.5 Å². The zero-order chi connectivity index (χ0) is 15.2. The van der Waals surface area contributed by atoms with E-state index in [0.717, 1.165) is 37.5 Å². The Morgan fingerprint density at radius 3 is 2.48 bits per heavy atom. The molecule has 1 aliphatic heterocycles. The first kappa shape index (κ1) is 16.1. The highest BCUT2D eigenvalue weighted by Gasteiger charge is 2.20. The number of piperidine rings is 1. The van der Waals surface area contributed by atoms with E-state index in [1.807, 2.05) is 26.0 Å². The number of benzene rings is 1. The van der Waals surface area contributed by atoms with Crippen molar-refractivity contribution in [2.75, 3.05) is 13.1 Å². The number of nitrogens with zero attached hydrogens (tertiary/aromatic N) is 1. The van der Waals surface area contributed by atoms with E-state index in [-0.39, 0.29) is 18.1 Å². The summed E-state index contributed by atoms with van der Waals surface area (Å²) < 4.78 is 0. The summed E-state index contributed by atoms with van der Waals surface area (Å²) in [5.41, 5.74) is 1.28. The van der Waals surface area contributed by atoms with Crippen LogP contribution >= 0.6 is 11.6 Å². The van der Waals surface area contributed by atoms with E-state index in [4.69, 9.17) is 11.6 Å². The summed E-state index contributed by atoms with van der Waals surface area (Å²) in [4.78, 5) is 14.1. The second-order valence-electron chi connectivity index (χ2n) is 5.95. The van der Waals surface area contributed by atoms with E-state index in [9.17, 15) is 4.79 Å². The first-order valence-electron chi connectivity index (χ1n) is 7.57. The third kappa shape index (κ3) is 5.56. The summed E-state index contributed by atoms with van der Waals surface area (Å²) >= 11 is 5.90. The Hall–Kier alpha value is -1.26.